The van der Waals surface area contributed by atoms with Crippen molar-refractivity contribution in [2.24, 2.45) is 5.92 Å². The first kappa shape index (κ1) is 19.6. The van der Waals surface area contributed by atoms with E-state index in [0.29, 0.717) is 23.3 Å². The Morgan fingerprint density at radius 1 is 1.27 bits per heavy atom. The Morgan fingerprint density at radius 3 is 2.46 bits per heavy atom. The van der Waals surface area contributed by atoms with Crippen LogP contribution in [0.25, 0.3) is 0 Å². The number of carbonyl (C=O) groups is 3. The van der Waals surface area contributed by atoms with Crippen molar-refractivity contribution in [2.75, 3.05) is 5.75 Å². The molecule has 1 fully saturated rings. The van der Waals surface area contributed by atoms with E-state index in [2.05, 4.69) is 0 Å². The predicted molar refractivity (Wildman–Crippen MR) is 101 cm³/mol. The van der Waals surface area contributed by atoms with Gasteiger partial charge in [0, 0.05) is 24.8 Å². The van der Waals surface area contributed by atoms with Crippen molar-refractivity contribution in [2.45, 2.75) is 49.0 Å². The average Bonchev–Trinajstić information content (AvgIpc) is 2.83. The van der Waals surface area contributed by atoms with Crippen molar-refractivity contribution in [3.8, 4) is 0 Å². The first-order valence-corrected chi connectivity index (χ1v) is 11.4. The standard InChI is InChI=1S/C18H19ClO5S2/c1-3-25-14-8-11-16(19)10(7-9(2)18(11)26(14,23)24)17(22)15-12(20)5-4-6-13(15)21/h7,14-15H,3-6,8H2,1-2H3. The highest BCUT2D eigenvalue weighted by atomic mass is 35.5. The van der Waals surface area contributed by atoms with Gasteiger partial charge in [0.1, 0.15) is 10.5 Å². The topological polar surface area (TPSA) is 85.3 Å². The molecule has 1 heterocycles. The van der Waals surface area contributed by atoms with Crippen LogP contribution in [0.2, 0.25) is 5.02 Å². The van der Waals surface area contributed by atoms with Gasteiger partial charge in [-0.05, 0) is 36.3 Å². The number of hydrogen-bond acceptors (Lipinski definition) is 6. The molecule has 140 valence electrons. The average molecular weight is 415 g/mol. The third kappa shape index (κ3) is 3.04. The fourth-order valence-corrected chi connectivity index (χ4v) is 7.83. The first-order chi connectivity index (χ1) is 12.2. The number of rotatable bonds is 4. The fourth-order valence-electron chi connectivity index (χ4n) is 3.70. The number of thioether (sulfide) groups is 1. The van der Waals surface area contributed by atoms with E-state index in [1.165, 1.54) is 17.8 Å². The number of hydrogen-bond donors (Lipinski definition) is 0. The van der Waals surface area contributed by atoms with Gasteiger partial charge in [-0.2, -0.15) is 0 Å². The van der Waals surface area contributed by atoms with E-state index in [1.807, 2.05) is 6.92 Å². The molecule has 1 saturated carbocycles. The van der Waals surface area contributed by atoms with Gasteiger partial charge in [0.05, 0.1) is 9.92 Å². The Morgan fingerprint density at radius 2 is 1.88 bits per heavy atom. The molecule has 0 saturated heterocycles. The molecule has 0 spiro atoms. The lowest BCUT2D eigenvalue weighted by molar-refractivity contribution is -0.133. The molecular weight excluding hydrogens is 396 g/mol. The number of benzene rings is 1. The molecule has 0 bridgehead atoms. The first-order valence-electron chi connectivity index (χ1n) is 8.47. The summed E-state index contributed by atoms with van der Waals surface area (Å²) in [5.74, 6) is -2.04. The van der Waals surface area contributed by atoms with Gasteiger partial charge in [-0.1, -0.05) is 18.5 Å². The van der Waals surface area contributed by atoms with Crippen LogP contribution in [0.4, 0.5) is 0 Å². The summed E-state index contributed by atoms with van der Waals surface area (Å²) in [6, 6.07) is 1.41. The van der Waals surface area contributed by atoms with Crippen molar-refractivity contribution in [3.63, 3.8) is 0 Å². The molecule has 5 nitrogen and oxygen atoms in total. The minimum Gasteiger partial charge on any atom is -0.298 e. The van der Waals surface area contributed by atoms with Crippen LogP contribution in [-0.2, 0) is 25.8 Å². The number of carbonyl (C=O) groups excluding carboxylic acids is 3. The Kier molecular flexibility index (Phi) is 5.34. The summed E-state index contributed by atoms with van der Waals surface area (Å²) in [6.45, 7) is 3.50. The lowest BCUT2D eigenvalue weighted by atomic mass is 9.81. The van der Waals surface area contributed by atoms with E-state index in [-0.39, 0.29) is 46.3 Å². The summed E-state index contributed by atoms with van der Waals surface area (Å²) in [5.41, 5.74) is 0.938. The van der Waals surface area contributed by atoms with E-state index in [9.17, 15) is 22.8 Å². The van der Waals surface area contributed by atoms with E-state index in [4.69, 9.17) is 11.6 Å². The van der Waals surface area contributed by atoms with Crippen molar-refractivity contribution in [1.29, 1.82) is 0 Å². The van der Waals surface area contributed by atoms with E-state index in [0.717, 1.165) is 0 Å². The molecule has 3 rings (SSSR count). The van der Waals surface area contributed by atoms with E-state index < -0.39 is 26.1 Å². The van der Waals surface area contributed by atoms with Crippen LogP contribution in [-0.4, -0.2) is 36.1 Å². The predicted octanol–water partition coefficient (Wildman–Crippen LogP) is 3.18. The summed E-state index contributed by atoms with van der Waals surface area (Å²) in [4.78, 5) is 37.3. The highest BCUT2D eigenvalue weighted by molar-refractivity contribution is 8.13. The molecule has 0 amide bonds. The minimum atomic E-state index is -3.52. The Bertz CT molecular complexity index is 904. The third-order valence-corrected chi connectivity index (χ3v) is 9.33. The zero-order chi connectivity index (χ0) is 19.2. The molecule has 1 aromatic rings. The second-order valence-electron chi connectivity index (χ2n) is 6.58. The number of aryl methyl sites for hydroxylation is 1. The molecule has 0 aromatic heterocycles. The maximum absolute atomic E-state index is 12.9. The normalized spacial score (nSPS) is 22.5. The lowest BCUT2D eigenvalue weighted by Crippen LogP contribution is -2.35. The van der Waals surface area contributed by atoms with Crippen LogP contribution < -0.4 is 0 Å². The smallest absolute Gasteiger partial charge is 0.191 e. The number of fused-ring (bicyclic) bond motifs is 1. The SMILES string of the molecule is CCSC1Cc2c(Cl)c(C(=O)C3C(=O)CCCC3=O)cc(C)c2S1(=O)=O. The molecule has 2 aliphatic rings. The summed E-state index contributed by atoms with van der Waals surface area (Å²) in [5, 5.41) is 0.0598. The highest BCUT2D eigenvalue weighted by Crippen LogP contribution is 2.44. The molecule has 26 heavy (non-hydrogen) atoms. The summed E-state index contributed by atoms with van der Waals surface area (Å²) < 4.78 is 24.9. The molecule has 1 aliphatic carbocycles. The molecule has 1 atom stereocenters. The number of ketones is 3. The van der Waals surface area contributed by atoms with Crippen molar-refractivity contribution in [3.05, 3.63) is 27.8 Å². The molecular formula is C18H19ClO5S2. The zero-order valence-corrected chi connectivity index (χ0v) is 16.9. The van der Waals surface area contributed by atoms with Gasteiger partial charge in [-0.15, -0.1) is 11.8 Å². The van der Waals surface area contributed by atoms with Gasteiger partial charge in [0.15, 0.2) is 27.2 Å². The maximum Gasteiger partial charge on any atom is 0.191 e. The molecule has 1 unspecified atom stereocenters. The van der Waals surface area contributed by atoms with Gasteiger partial charge < -0.3 is 0 Å². The molecule has 8 heteroatoms. The minimum absolute atomic E-state index is 0.0598. The molecule has 1 aliphatic heterocycles. The van der Waals surface area contributed by atoms with Gasteiger partial charge in [-0.3, -0.25) is 14.4 Å². The van der Waals surface area contributed by atoms with Crippen LogP contribution in [0.3, 0.4) is 0 Å². The van der Waals surface area contributed by atoms with Gasteiger partial charge in [-0.25, -0.2) is 8.42 Å². The third-order valence-electron chi connectivity index (χ3n) is 4.87. The summed E-state index contributed by atoms with van der Waals surface area (Å²) in [6.07, 6.45) is 1.09. The molecule has 0 N–H and O–H groups in total. The van der Waals surface area contributed by atoms with Crippen LogP contribution in [0.15, 0.2) is 11.0 Å². The van der Waals surface area contributed by atoms with E-state index >= 15 is 0 Å². The van der Waals surface area contributed by atoms with Gasteiger partial charge >= 0.3 is 0 Å². The Balaban J connectivity index is 2.09. The highest BCUT2D eigenvalue weighted by Gasteiger charge is 2.43. The summed E-state index contributed by atoms with van der Waals surface area (Å²) in [7, 11) is -3.52. The summed E-state index contributed by atoms with van der Waals surface area (Å²) >= 11 is 7.73. The van der Waals surface area contributed by atoms with Crippen molar-refractivity contribution >= 4 is 50.5 Å². The Labute approximate surface area is 161 Å². The fraction of sp³-hybridized carbons (Fsp3) is 0.500. The largest absolute Gasteiger partial charge is 0.298 e. The molecule has 1 aromatic carbocycles. The Hall–Kier alpha value is -1.18. The van der Waals surface area contributed by atoms with Crippen molar-refractivity contribution < 1.29 is 22.8 Å². The second kappa shape index (κ2) is 7.09. The van der Waals surface area contributed by atoms with Crippen LogP contribution >= 0.6 is 23.4 Å². The molecule has 0 radical (unpaired) electrons. The quantitative estimate of drug-likeness (QED) is 0.555. The number of Topliss-reactive ketones (excluding diaryl/α,β-unsaturated/α-hetero) is 3. The maximum atomic E-state index is 12.9. The van der Waals surface area contributed by atoms with Crippen molar-refractivity contribution in [1.82, 2.24) is 0 Å². The monoisotopic (exact) mass is 414 g/mol. The number of halogens is 1. The van der Waals surface area contributed by atoms with Gasteiger partial charge in [0.25, 0.3) is 0 Å². The van der Waals surface area contributed by atoms with Crippen LogP contribution in [0.5, 0.6) is 0 Å². The number of sulfone groups is 1. The van der Waals surface area contributed by atoms with Crippen LogP contribution in [0, 0.1) is 12.8 Å². The lowest BCUT2D eigenvalue weighted by Gasteiger charge is -2.19. The van der Waals surface area contributed by atoms with Gasteiger partial charge in [0.2, 0.25) is 0 Å². The van der Waals surface area contributed by atoms with E-state index in [1.54, 1.807) is 6.92 Å². The van der Waals surface area contributed by atoms with Crippen LogP contribution in [0.1, 0.15) is 47.7 Å². The second-order valence-corrected chi connectivity index (χ2v) is 10.8. The zero-order valence-electron chi connectivity index (χ0n) is 14.5.